The van der Waals surface area contributed by atoms with Crippen LogP contribution in [0.15, 0.2) is 42.5 Å². The van der Waals surface area contributed by atoms with Gasteiger partial charge in [-0.1, -0.05) is 23.7 Å². The zero-order chi connectivity index (χ0) is 17.5. The minimum Gasteiger partial charge on any atom is -0.493 e. The smallest absolute Gasteiger partial charge is 0.238 e. The van der Waals surface area contributed by atoms with Gasteiger partial charge in [-0.2, -0.15) is 0 Å². The van der Waals surface area contributed by atoms with E-state index < -0.39 is 0 Å². The summed E-state index contributed by atoms with van der Waals surface area (Å²) in [7, 11) is 3.12. The summed E-state index contributed by atoms with van der Waals surface area (Å²) >= 11 is 5.88. The van der Waals surface area contributed by atoms with Crippen molar-refractivity contribution in [1.29, 1.82) is 0 Å². The number of amides is 1. The lowest BCUT2D eigenvalue weighted by atomic mass is 10.1. The van der Waals surface area contributed by atoms with E-state index in [0.717, 1.165) is 5.56 Å². The molecule has 0 aliphatic carbocycles. The first-order valence-electron chi connectivity index (χ1n) is 7.54. The number of carbonyl (C=O) groups is 1. The Bertz CT molecular complexity index is 689. The van der Waals surface area contributed by atoms with Crippen LogP contribution in [0.3, 0.4) is 0 Å². The van der Waals surface area contributed by atoms with E-state index in [2.05, 4.69) is 10.6 Å². The predicted octanol–water partition coefficient (Wildman–Crippen LogP) is 3.65. The van der Waals surface area contributed by atoms with Crippen molar-refractivity contribution in [3.05, 3.63) is 53.1 Å². The Morgan fingerprint density at radius 2 is 1.75 bits per heavy atom. The van der Waals surface area contributed by atoms with Gasteiger partial charge in [0.15, 0.2) is 11.5 Å². The molecule has 1 unspecified atom stereocenters. The maximum atomic E-state index is 12.1. The fourth-order valence-corrected chi connectivity index (χ4v) is 2.36. The number of hydrogen-bond acceptors (Lipinski definition) is 4. The maximum absolute atomic E-state index is 12.1. The third-order valence-corrected chi connectivity index (χ3v) is 3.86. The average Bonchev–Trinajstić information content (AvgIpc) is 2.60. The molecule has 2 aromatic carbocycles. The van der Waals surface area contributed by atoms with Gasteiger partial charge in [0.05, 0.1) is 20.8 Å². The van der Waals surface area contributed by atoms with E-state index in [1.54, 1.807) is 32.4 Å². The van der Waals surface area contributed by atoms with Crippen LogP contribution in [0.2, 0.25) is 5.02 Å². The third-order valence-electron chi connectivity index (χ3n) is 3.61. The molecule has 2 aromatic rings. The first kappa shape index (κ1) is 18.1. The molecule has 0 saturated carbocycles. The third kappa shape index (κ3) is 4.88. The van der Waals surface area contributed by atoms with Crippen LogP contribution in [-0.2, 0) is 4.79 Å². The van der Waals surface area contributed by atoms with Crippen LogP contribution >= 0.6 is 11.6 Å². The van der Waals surface area contributed by atoms with E-state index >= 15 is 0 Å². The number of benzene rings is 2. The summed E-state index contributed by atoms with van der Waals surface area (Å²) < 4.78 is 10.4. The molecular weight excluding hydrogens is 328 g/mol. The standard InChI is InChI=1S/C18H21ClN2O3/c1-12(13-4-6-14(19)7-5-13)20-11-18(22)21-15-8-9-16(23-2)17(10-15)24-3/h4-10,12,20H,11H2,1-3H3,(H,21,22). The quantitative estimate of drug-likeness (QED) is 0.802. The van der Waals surface area contributed by atoms with Gasteiger partial charge in [-0.3, -0.25) is 4.79 Å². The summed E-state index contributed by atoms with van der Waals surface area (Å²) in [5, 5.41) is 6.70. The number of hydrogen-bond donors (Lipinski definition) is 2. The Morgan fingerprint density at radius 3 is 2.38 bits per heavy atom. The molecule has 1 amide bonds. The van der Waals surface area contributed by atoms with Crippen molar-refractivity contribution in [3.8, 4) is 11.5 Å². The molecule has 24 heavy (non-hydrogen) atoms. The van der Waals surface area contributed by atoms with Gasteiger partial charge >= 0.3 is 0 Å². The van der Waals surface area contributed by atoms with Crippen molar-refractivity contribution in [2.45, 2.75) is 13.0 Å². The predicted molar refractivity (Wildman–Crippen MR) is 96.0 cm³/mol. The summed E-state index contributed by atoms with van der Waals surface area (Å²) in [5.41, 5.74) is 1.72. The van der Waals surface area contributed by atoms with Crippen LogP contribution in [0.25, 0.3) is 0 Å². The first-order chi connectivity index (χ1) is 11.5. The van der Waals surface area contributed by atoms with Crippen molar-refractivity contribution in [3.63, 3.8) is 0 Å². The highest BCUT2D eigenvalue weighted by atomic mass is 35.5. The number of carbonyl (C=O) groups excluding carboxylic acids is 1. The van der Waals surface area contributed by atoms with Crippen molar-refractivity contribution in [2.75, 3.05) is 26.1 Å². The lowest BCUT2D eigenvalue weighted by molar-refractivity contribution is -0.115. The molecule has 0 bridgehead atoms. The van der Waals surface area contributed by atoms with Gasteiger partial charge in [0.2, 0.25) is 5.91 Å². The summed E-state index contributed by atoms with van der Waals surface area (Å²) in [6.45, 7) is 2.19. The second-order valence-electron chi connectivity index (χ2n) is 5.27. The molecule has 128 valence electrons. The van der Waals surface area contributed by atoms with Crippen LogP contribution in [-0.4, -0.2) is 26.7 Å². The highest BCUT2D eigenvalue weighted by Crippen LogP contribution is 2.29. The monoisotopic (exact) mass is 348 g/mol. The van der Waals surface area contributed by atoms with Crippen LogP contribution < -0.4 is 20.1 Å². The second-order valence-corrected chi connectivity index (χ2v) is 5.71. The largest absolute Gasteiger partial charge is 0.493 e. The summed E-state index contributed by atoms with van der Waals surface area (Å²) in [5.74, 6) is 1.05. The average molecular weight is 349 g/mol. The Balaban J connectivity index is 1.90. The lowest BCUT2D eigenvalue weighted by Gasteiger charge is -2.15. The minimum atomic E-state index is -0.136. The van der Waals surface area contributed by atoms with E-state index in [4.69, 9.17) is 21.1 Å². The van der Waals surface area contributed by atoms with E-state index in [-0.39, 0.29) is 18.5 Å². The zero-order valence-corrected chi connectivity index (χ0v) is 14.7. The fraction of sp³-hybridized carbons (Fsp3) is 0.278. The van der Waals surface area contributed by atoms with Gasteiger partial charge in [-0.15, -0.1) is 0 Å². The molecule has 1 atom stereocenters. The molecule has 0 radical (unpaired) electrons. The number of anilines is 1. The van der Waals surface area contributed by atoms with E-state index in [0.29, 0.717) is 22.2 Å². The number of halogens is 1. The molecule has 0 aliphatic heterocycles. The molecule has 2 rings (SSSR count). The van der Waals surface area contributed by atoms with Gasteiger partial charge in [-0.25, -0.2) is 0 Å². The van der Waals surface area contributed by atoms with Crippen LogP contribution in [0.5, 0.6) is 11.5 Å². The van der Waals surface area contributed by atoms with E-state index in [1.807, 2.05) is 31.2 Å². The number of methoxy groups -OCH3 is 2. The molecule has 0 aliphatic rings. The summed E-state index contributed by atoms with van der Waals surface area (Å²) in [4.78, 5) is 12.1. The summed E-state index contributed by atoms with van der Waals surface area (Å²) in [6, 6.07) is 12.8. The Kier molecular flexibility index (Phi) is 6.46. The normalized spacial score (nSPS) is 11.7. The van der Waals surface area contributed by atoms with Gasteiger partial charge in [0, 0.05) is 22.8 Å². The van der Waals surface area contributed by atoms with E-state index in [9.17, 15) is 4.79 Å². The van der Waals surface area contributed by atoms with Crippen molar-refractivity contribution >= 4 is 23.2 Å². The highest BCUT2D eigenvalue weighted by Gasteiger charge is 2.10. The molecule has 0 saturated heterocycles. The molecule has 0 heterocycles. The minimum absolute atomic E-state index is 0.0402. The van der Waals surface area contributed by atoms with Crippen LogP contribution in [0, 0.1) is 0 Å². The van der Waals surface area contributed by atoms with E-state index in [1.165, 1.54) is 0 Å². The molecule has 0 spiro atoms. The molecule has 0 fully saturated rings. The zero-order valence-electron chi connectivity index (χ0n) is 13.9. The highest BCUT2D eigenvalue weighted by molar-refractivity contribution is 6.30. The molecule has 2 N–H and O–H groups in total. The molecular formula is C18H21ClN2O3. The Labute approximate surface area is 146 Å². The van der Waals surface area contributed by atoms with Gasteiger partial charge in [0.25, 0.3) is 0 Å². The molecule has 6 heteroatoms. The lowest BCUT2D eigenvalue weighted by Crippen LogP contribution is -2.30. The van der Waals surface area contributed by atoms with Crippen LogP contribution in [0.1, 0.15) is 18.5 Å². The van der Waals surface area contributed by atoms with Crippen molar-refractivity contribution < 1.29 is 14.3 Å². The van der Waals surface area contributed by atoms with Gasteiger partial charge < -0.3 is 20.1 Å². The molecule has 5 nitrogen and oxygen atoms in total. The van der Waals surface area contributed by atoms with Gasteiger partial charge in [0.1, 0.15) is 0 Å². The van der Waals surface area contributed by atoms with Crippen LogP contribution in [0.4, 0.5) is 5.69 Å². The summed E-state index contributed by atoms with van der Waals surface area (Å²) in [6.07, 6.45) is 0. The first-order valence-corrected chi connectivity index (χ1v) is 7.92. The molecule has 0 aromatic heterocycles. The second kappa shape index (κ2) is 8.57. The SMILES string of the molecule is COc1ccc(NC(=O)CNC(C)c2ccc(Cl)cc2)cc1OC. The van der Waals surface area contributed by atoms with Crippen molar-refractivity contribution in [1.82, 2.24) is 5.32 Å². The maximum Gasteiger partial charge on any atom is 0.238 e. The Hall–Kier alpha value is -2.24. The fourth-order valence-electron chi connectivity index (χ4n) is 2.23. The number of nitrogens with one attached hydrogen (secondary N) is 2. The Morgan fingerprint density at radius 1 is 1.08 bits per heavy atom. The number of rotatable bonds is 7. The van der Waals surface area contributed by atoms with Gasteiger partial charge in [-0.05, 0) is 36.8 Å². The topological polar surface area (TPSA) is 59.6 Å². The number of ether oxygens (including phenoxy) is 2. The van der Waals surface area contributed by atoms with Crippen molar-refractivity contribution in [2.24, 2.45) is 0 Å².